The fraction of sp³-hybridized carbons (Fsp3) is 0.400. The van der Waals surface area contributed by atoms with Gasteiger partial charge in [-0.05, 0) is 29.5 Å². The SMILES string of the molecule is CCOC(=O)c1ncc(I)c(OC(F)(F)F)c1C(F)F. The van der Waals surface area contributed by atoms with E-state index in [0.717, 1.165) is 6.20 Å². The van der Waals surface area contributed by atoms with Gasteiger partial charge in [-0.2, -0.15) is 0 Å². The molecule has 0 saturated carbocycles. The standard InChI is InChI=1S/C10H7F5INO3/c1-2-19-9(18)6-5(8(11)12)7(4(16)3-17-6)20-10(13,14)15/h3,8H,2H2,1H3. The lowest BCUT2D eigenvalue weighted by atomic mass is 10.2. The molecule has 0 spiro atoms. The molecule has 1 heterocycles. The van der Waals surface area contributed by atoms with Crippen molar-refractivity contribution in [2.45, 2.75) is 19.7 Å². The summed E-state index contributed by atoms with van der Waals surface area (Å²) in [7, 11) is 0. The van der Waals surface area contributed by atoms with Gasteiger partial charge in [0.15, 0.2) is 11.4 Å². The third-order valence-electron chi connectivity index (χ3n) is 1.93. The maximum atomic E-state index is 12.9. The van der Waals surface area contributed by atoms with Crippen LogP contribution in [0, 0.1) is 3.57 Å². The van der Waals surface area contributed by atoms with Crippen LogP contribution in [-0.2, 0) is 4.74 Å². The minimum Gasteiger partial charge on any atom is -0.461 e. The Hall–Kier alpha value is -1.20. The van der Waals surface area contributed by atoms with Crippen LogP contribution in [0.15, 0.2) is 6.20 Å². The smallest absolute Gasteiger partial charge is 0.461 e. The quantitative estimate of drug-likeness (QED) is 0.431. The molecule has 0 saturated heterocycles. The van der Waals surface area contributed by atoms with Crippen molar-refractivity contribution in [3.05, 3.63) is 21.0 Å². The van der Waals surface area contributed by atoms with E-state index >= 15 is 0 Å². The number of aromatic nitrogens is 1. The lowest BCUT2D eigenvalue weighted by Gasteiger charge is -2.16. The third-order valence-corrected chi connectivity index (χ3v) is 2.70. The van der Waals surface area contributed by atoms with E-state index in [1.165, 1.54) is 29.5 Å². The highest BCUT2D eigenvalue weighted by atomic mass is 127. The number of nitrogens with zero attached hydrogens (tertiary/aromatic N) is 1. The molecule has 1 rings (SSSR count). The predicted molar refractivity (Wildman–Crippen MR) is 64.6 cm³/mol. The Labute approximate surface area is 123 Å². The average Bonchev–Trinajstić information content (AvgIpc) is 2.29. The second kappa shape index (κ2) is 6.50. The summed E-state index contributed by atoms with van der Waals surface area (Å²) in [6.45, 7) is 1.28. The van der Waals surface area contributed by atoms with E-state index in [2.05, 4.69) is 14.5 Å². The number of pyridine rings is 1. The van der Waals surface area contributed by atoms with Gasteiger partial charge in [0, 0.05) is 6.20 Å². The molecule has 4 nitrogen and oxygen atoms in total. The largest absolute Gasteiger partial charge is 0.573 e. The van der Waals surface area contributed by atoms with E-state index in [0.29, 0.717) is 0 Å². The van der Waals surface area contributed by atoms with Crippen LogP contribution >= 0.6 is 22.6 Å². The molecule has 0 atom stereocenters. The summed E-state index contributed by atoms with van der Waals surface area (Å²) < 4.78 is 70.3. The molecule has 0 aliphatic rings. The monoisotopic (exact) mass is 411 g/mol. The van der Waals surface area contributed by atoms with Crippen LogP contribution < -0.4 is 4.74 Å². The first kappa shape index (κ1) is 16.9. The van der Waals surface area contributed by atoms with Crippen molar-refractivity contribution in [1.82, 2.24) is 4.98 Å². The number of carbonyl (C=O) groups excluding carboxylic acids is 1. The molecule has 20 heavy (non-hydrogen) atoms. The van der Waals surface area contributed by atoms with Gasteiger partial charge in [0.1, 0.15) is 0 Å². The maximum Gasteiger partial charge on any atom is 0.573 e. The number of hydrogen-bond donors (Lipinski definition) is 0. The highest BCUT2D eigenvalue weighted by Crippen LogP contribution is 2.38. The Kier molecular flexibility index (Phi) is 5.48. The maximum absolute atomic E-state index is 12.9. The first-order chi connectivity index (χ1) is 9.17. The zero-order valence-corrected chi connectivity index (χ0v) is 12.0. The van der Waals surface area contributed by atoms with Crippen molar-refractivity contribution in [3.8, 4) is 5.75 Å². The Morgan fingerprint density at radius 3 is 2.50 bits per heavy atom. The minimum absolute atomic E-state index is 0.134. The molecule has 0 radical (unpaired) electrons. The number of halogens is 6. The summed E-state index contributed by atoms with van der Waals surface area (Å²) in [4.78, 5) is 14.8. The van der Waals surface area contributed by atoms with E-state index in [1.807, 2.05) is 0 Å². The minimum atomic E-state index is -5.17. The lowest BCUT2D eigenvalue weighted by molar-refractivity contribution is -0.275. The van der Waals surface area contributed by atoms with Crippen molar-refractivity contribution >= 4 is 28.6 Å². The topological polar surface area (TPSA) is 48.4 Å². The Morgan fingerprint density at radius 1 is 1.45 bits per heavy atom. The highest BCUT2D eigenvalue weighted by molar-refractivity contribution is 14.1. The second-order valence-corrected chi connectivity index (χ2v) is 4.43. The summed E-state index contributed by atoms with van der Waals surface area (Å²) in [6, 6.07) is 0. The summed E-state index contributed by atoms with van der Waals surface area (Å²) in [5, 5.41) is 0. The normalized spacial score (nSPS) is 11.6. The van der Waals surface area contributed by atoms with Gasteiger partial charge in [-0.1, -0.05) is 0 Å². The van der Waals surface area contributed by atoms with E-state index in [1.54, 1.807) is 0 Å². The molecule has 0 aliphatic heterocycles. The molecule has 0 unspecified atom stereocenters. The molecule has 10 heteroatoms. The lowest BCUT2D eigenvalue weighted by Crippen LogP contribution is -2.21. The molecule has 0 amide bonds. The number of alkyl halides is 5. The number of carbonyl (C=O) groups is 1. The summed E-state index contributed by atoms with van der Waals surface area (Å²) >= 11 is 1.35. The second-order valence-electron chi connectivity index (χ2n) is 3.27. The van der Waals surface area contributed by atoms with Crippen LogP contribution in [-0.4, -0.2) is 23.9 Å². The summed E-state index contributed by atoms with van der Waals surface area (Å²) in [6.07, 6.45) is -7.73. The van der Waals surface area contributed by atoms with Crippen molar-refractivity contribution in [3.63, 3.8) is 0 Å². The fourth-order valence-electron chi connectivity index (χ4n) is 1.27. The summed E-state index contributed by atoms with van der Waals surface area (Å²) in [5.74, 6) is -2.39. The molecule has 0 N–H and O–H groups in total. The van der Waals surface area contributed by atoms with Gasteiger partial charge in [-0.25, -0.2) is 18.6 Å². The van der Waals surface area contributed by atoms with Gasteiger partial charge >= 0.3 is 12.3 Å². The Bertz CT molecular complexity index is 506. The third kappa shape index (κ3) is 4.15. The fourth-order valence-corrected chi connectivity index (χ4v) is 1.81. The molecular formula is C10H7F5INO3. The van der Waals surface area contributed by atoms with Gasteiger partial charge in [-0.3, -0.25) is 0 Å². The first-order valence-corrected chi connectivity index (χ1v) is 6.14. The van der Waals surface area contributed by atoms with Gasteiger partial charge in [0.2, 0.25) is 0 Å². The molecule has 112 valence electrons. The van der Waals surface area contributed by atoms with Crippen LogP contribution in [0.1, 0.15) is 29.4 Å². The van der Waals surface area contributed by atoms with Gasteiger partial charge in [0.05, 0.1) is 15.7 Å². The van der Waals surface area contributed by atoms with Crippen molar-refractivity contribution in [2.24, 2.45) is 0 Å². The summed E-state index contributed by atoms with van der Waals surface area (Å²) in [5.41, 5.74) is -2.14. The highest BCUT2D eigenvalue weighted by Gasteiger charge is 2.37. The zero-order valence-electron chi connectivity index (χ0n) is 9.80. The first-order valence-electron chi connectivity index (χ1n) is 5.06. The van der Waals surface area contributed by atoms with Crippen molar-refractivity contribution in [2.75, 3.05) is 6.61 Å². The molecule has 1 aromatic heterocycles. The molecule has 0 fully saturated rings. The van der Waals surface area contributed by atoms with E-state index in [9.17, 15) is 26.7 Å². The van der Waals surface area contributed by atoms with E-state index < -0.39 is 35.8 Å². The van der Waals surface area contributed by atoms with Crippen LogP contribution in [0.4, 0.5) is 22.0 Å². The van der Waals surface area contributed by atoms with Crippen LogP contribution in [0.5, 0.6) is 5.75 Å². The zero-order chi connectivity index (χ0) is 15.5. The van der Waals surface area contributed by atoms with Crippen LogP contribution in [0.2, 0.25) is 0 Å². The van der Waals surface area contributed by atoms with Crippen molar-refractivity contribution < 1.29 is 36.2 Å². The number of hydrogen-bond acceptors (Lipinski definition) is 4. The van der Waals surface area contributed by atoms with Crippen molar-refractivity contribution in [1.29, 1.82) is 0 Å². The molecule has 1 aromatic rings. The molecule has 0 bridgehead atoms. The molecular weight excluding hydrogens is 404 g/mol. The van der Waals surface area contributed by atoms with E-state index in [4.69, 9.17) is 0 Å². The molecule has 0 aliphatic carbocycles. The molecule has 0 aromatic carbocycles. The van der Waals surface area contributed by atoms with Gasteiger partial charge < -0.3 is 9.47 Å². The number of esters is 1. The Morgan fingerprint density at radius 2 is 2.05 bits per heavy atom. The Balaban J connectivity index is 3.41. The van der Waals surface area contributed by atoms with Gasteiger partial charge in [-0.15, -0.1) is 13.2 Å². The average molecular weight is 411 g/mol. The van der Waals surface area contributed by atoms with E-state index in [-0.39, 0.29) is 10.2 Å². The predicted octanol–water partition coefficient (Wildman–Crippen LogP) is 3.70. The number of ether oxygens (including phenoxy) is 2. The van der Waals surface area contributed by atoms with Gasteiger partial charge in [0.25, 0.3) is 6.43 Å². The van der Waals surface area contributed by atoms with Crippen LogP contribution in [0.25, 0.3) is 0 Å². The van der Waals surface area contributed by atoms with Crippen LogP contribution in [0.3, 0.4) is 0 Å². The number of rotatable bonds is 4.